The third-order valence-corrected chi connectivity index (χ3v) is 9.05. The fourth-order valence-corrected chi connectivity index (χ4v) is 6.81. The summed E-state index contributed by atoms with van der Waals surface area (Å²) in [5, 5.41) is 9.68. The molecule has 2 aliphatic rings. The van der Waals surface area contributed by atoms with E-state index in [0.29, 0.717) is 18.4 Å². The average molecular weight is 522 g/mol. The number of benzene rings is 2. The zero-order valence-corrected chi connectivity index (χ0v) is 21.3. The zero-order chi connectivity index (χ0) is 26.7. The van der Waals surface area contributed by atoms with Crippen LogP contribution < -0.4 is 10.6 Å². The third kappa shape index (κ3) is 4.58. The highest BCUT2D eigenvalue weighted by molar-refractivity contribution is 7.92. The Morgan fingerprint density at radius 2 is 1.57 bits per heavy atom. The van der Waals surface area contributed by atoms with Gasteiger partial charge in [0.2, 0.25) is 0 Å². The van der Waals surface area contributed by atoms with E-state index >= 15 is 0 Å². The van der Waals surface area contributed by atoms with Crippen LogP contribution in [0.5, 0.6) is 0 Å². The van der Waals surface area contributed by atoms with Gasteiger partial charge in [0.1, 0.15) is 11.5 Å². The van der Waals surface area contributed by atoms with Crippen molar-refractivity contribution >= 4 is 27.5 Å². The molecule has 2 aromatic rings. The molecule has 9 nitrogen and oxygen atoms in total. The molecule has 37 heavy (non-hydrogen) atoms. The Morgan fingerprint density at radius 3 is 2.11 bits per heavy atom. The molecule has 0 bridgehead atoms. The molecule has 0 saturated heterocycles. The van der Waals surface area contributed by atoms with Gasteiger partial charge in [-0.3, -0.25) is 4.90 Å². The summed E-state index contributed by atoms with van der Waals surface area (Å²) in [6.45, 7) is 0. The minimum absolute atomic E-state index is 0.0295. The van der Waals surface area contributed by atoms with Gasteiger partial charge in [0, 0.05) is 5.69 Å². The third-order valence-electron chi connectivity index (χ3n) is 6.77. The highest BCUT2D eigenvalue weighted by Crippen LogP contribution is 2.43. The van der Waals surface area contributed by atoms with Crippen LogP contribution in [0, 0.1) is 11.3 Å². The van der Waals surface area contributed by atoms with Crippen LogP contribution in [-0.2, 0) is 28.9 Å². The van der Waals surface area contributed by atoms with Crippen LogP contribution in [0.3, 0.4) is 0 Å². The summed E-state index contributed by atoms with van der Waals surface area (Å²) in [4.78, 5) is 27.6. The summed E-state index contributed by atoms with van der Waals surface area (Å²) in [6, 6.07) is 16.6. The van der Waals surface area contributed by atoms with Crippen LogP contribution in [0.4, 0.5) is 5.69 Å². The maximum absolute atomic E-state index is 13.1. The van der Waals surface area contributed by atoms with E-state index in [0.717, 1.165) is 20.0 Å². The van der Waals surface area contributed by atoms with Crippen LogP contribution in [0.25, 0.3) is 0 Å². The van der Waals surface area contributed by atoms with Crippen molar-refractivity contribution in [3.05, 3.63) is 82.8 Å². The lowest BCUT2D eigenvalue weighted by atomic mass is 9.81. The lowest BCUT2D eigenvalue weighted by molar-refractivity contribution is -0.139. The van der Waals surface area contributed by atoms with Gasteiger partial charge in [-0.2, -0.15) is 5.26 Å². The van der Waals surface area contributed by atoms with Crippen LogP contribution >= 0.6 is 0 Å². The zero-order valence-electron chi connectivity index (χ0n) is 20.5. The van der Waals surface area contributed by atoms with Crippen molar-refractivity contribution in [1.82, 2.24) is 0 Å². The fraction of sp³-hybridized carbons (Fsp3) is 0.296. The van der Waals surface area contributed by atoms with Crippen molar-refractivity contribution in [2.24, 2.45) is 5.73 Å². The monoisotopic (exact) mass is 521 g/mol. The van der Waals surface area contributed by atoms with Crippen LogP contribution in [-0.4, -0.2) is 39.8 Å². The number of nitrogens with two attached hydrogens (primary N) is 1. The van der Waals surface area contributed by atoms with Gasteiger partial charge in [-0.15, -0.1) is 0 Å². The van der Waals surface area contributed by atoms with Crippen molar-refractivity contribution in [2.45, 2.75) is 41.7 Å². The lowest BCUT2D eigenvalue weighted by Crippen LogP contribution is -2.40. The van der Waals surface area contributed by atoms with Crippen molar-refractivity contribution < 1.29 is 27.5 Å². The van der Waals surface area contributed by atoms with Crippen molar-refractivity contribution in [2.75, 3.05) is 19.1 Å². The average Bonchev–Trinajstić information content (AvgIpc) is 3.48. The second kappa shape index (κ2) is 10.5. The molecule has 1 heterocycles. The Morgan fingerprint density at radius 1 is 0.973 bits per heavy atom. The van der Waals surface area contributed by atoms with Gasteiger partial charge < -0.3 is 15.2 Å². The Bertz CT molecular complexity index is 1420. The van der Waals surface area contributed by atoms with Crippen LogP contribution in [0.2, 0.25) is 0 Å². The molecule has 0 amide bonds. The first-order chi connectivity index (χ1) is 17.8. The van der Waals surface area contributed by atoms with Crippen molar-refractivity contribution in [1.29, 1.82) is 5.26 Å². The van der Waals surface area contributed by atoms with Crippen molar-refractivity contribution in [3.63, 3.8) is 0 Å². The van der Waals surface area contributed by atoms with E-state index in [1.165, 1.54) is 36.3 Å². The van der Waals surface area contributed by atoms with E-state index in [4.69, 9.17) is 15.2 Å². The number of hydrogen-bond donors (Lipinski definition) is 1. The molecule has 1 fully saturated rings. The number of sulfone groups is 1. The Labute approximate surface area is 215 Å². The predicted octanol–water partition coefficient (Wildman–Crippen LogP) is 3.30. The highest BCUT2D eigenvalue weighted by atomic mass is 32.2. The first-order valence-corrected chi connectivity index (χ1v) is 13.3. The van der Waals surface area contributed by atoms with Gasteiger partial charge in [-0.05, 0) is 42.7 Å². The van der Waals surface area contributed by atoms with E-state index in [1.807, 2.05) is 0 Å². The molecule has 1 atom stereocenters. The molecule has 1 unspecified atom stereocenters. The minimum atomic E-state index is -3.51. The maximum atomic E-state index is 13.1. The number of ether oxygens (including phenoxy) is 2. The number of anilines is 1. The summed E-state index contributed by atoms with van der Waals surface area (Å²) in [5.41, 5.74) is 7.01. The van der Waals surface area contributed by atoms with E-state index in [-0.39, 0.29) is 33.2 Å². The quantitative estimate of drug-likeness (QED) is 0.567. The number of carbonyl (C=O) groups is 2. The number of carbonyl (C=O) groups excluding carboxylic acids is 2. The summed E-state index contributed by atoms with van der Waals surface area (Å²) in [7, 11) is -1.18. The smallest absolute Gasteiger partial charge is 0.355 e. The van der Waals surface area contributed by atoms with Gasteiger partial charge in [-0.25, -0.2) is 18.0 Å². The minimum Gasteiger partial charge on any atom is -0.466 e. The Balaban J connectivity index is 1.91. The highest BCUT2D eigenvalue weighted by Gasteiger charge is 2.43. The van der Waals surface area contributed by atoms with Crippen LogP contribution in [0.15, 0.2) is 82.2 Å². The molecule has 10 heteroatoms. The molecule has 0 spiro atoms. The van der Waals surface area contributed by atoms with E-state index in [9.17, 15) is 23.3 Å². The molecule has 1 aliphatic carbocycles. The predicted molar refractivity (Wildman–Crippen MR) is 135 cm³/mol. The SMILES string of the molecule is COC(=O)C1=C(C(=O)OC)N(c2ccc(S(=O)(=O)C3CCCC3)cc2)C(N)=C(C#N)C1c1ccccc1. The molecule has 0 aromatic heterocycles. The molecule has 1 saturated carbocycles. The number of hydrogen-bond acceptors (Lipinski definition) is 9. The molecule has 2 N–H and O–H groups in total. The van der Waals surface area contributed by atoms with Gasteiger partial charge in [0.25, 0.3) is 0 Å². The second-order valence-electron chi connectivity index (χ2n) is 8.78. The van der Waals surface area contributed by atoms with Gasteiger partial charge in [-0.1, -0.05) is 43.2 Å². The number of nitriles is 1. The van der Waals surface area contributed by atoms with Gasteiger partial charge in [0.15, 0.2) is 9.84 Å². The summed E-state index contributed by atoms with van der Waals surface area (Å²) >= 11 is 0. The van der Waals surface area contributed by atoms with E-state index in [1.54, 1.807) is 30.3 Å². The second-order valence-corrected chi connectivity index (χ2v) is 11.0. The summed E-state index contributed by atoms with van der Waals surface area (Å²) in [5.74, 6) is -2.77. The van der Waals surface area contributed by atoms with Gasteiger partial charge in [0.05, 0.1) is 47.5 Å². The number of esters is 2. The van der Waals surface area contributed by atoms with Crippen molar-refractivity contribution in [3.8, 4) is 6.07 Å². The largest absolute Gasteiger partial charge is 0.466 e. The Hall–Kier alpha value is -4.10. The topological polar surface area (TPSA) is 140 Å². The molecular formula is C27H27N3O6S. The number of rotatable bonds is 6. The molecule has 4 rings (SSSR count). The normalized spacial score (nSPS) is 18.5. The molecule has 192 valence electrons. The fourth-order valence-electron chi connectivity index (χ4n) is 4.96. The van der Waals surface area contributed by atoms with Crippen LogP contribution in [0.1, 0.15) is 37.2 Å². The number of nitrogens with zero attached hydrogens (tertiary/aromatic N) is 2. The number of allylic oxidation sites excluding steroid dienone is 1. The molecule has 1 aliphatic heterocycles. The van der Waals surface area contributed by atoms with E-state index in [2.05, 4.69) is 6.07 Å². The molecule has 2 aromatic carbocycles. The Kier molecular flexibility index (Phi) is 7.36. The standard InChI is InChI=1S/C27H27N3O6S/c1-35-26(31)23-22(17-8-4-3-5-9-17)21(16-28)25(29)30(24(23)27(32)36-2)18-12-14-20(15-13-18)37(33,34)19-10-6-7-11-19/h3-5,8-9,12-15,19,22H,6-7,10-11,29H2,1-2H3. The summed E-state index contributed by atoms with van der Waals surface area (Å²) < 4.78 is 36.1. The molecular weight excluding hydrogens is 494 g/mol. The first-order valence-electron chi connectivity index (χ1n) is 11.8. The maximum Gasteiger partial charge on any atom is 0.355 e. The summed E-state index contributed by atoms with van der Waals surface area (Å²) in [6.07, 6.45) is 2.99. The number of methoxy groups -OCH3 is 2. The van der Waals surface area contributed by atoms with E-state index < -0.39 is 32.9 Å². The molecule has 0 radical (unpaired) electrons. The van der Waals surface area contributed by atoms with Gasteiger partial charge >= 0.3 is 11.9 Å². The first kappa shape index (κ1) is 26.0. The lowest BCUT2D eigenvalue weighted by Gasteiger charge is -2.35.